The largest absolute Gasteiger partial charge is 0.489 e. The van der Waals surface area contributed by atoms with Crippen molar-refractivity contribution in [1.29, 1.82) is 0 Å². The summed E-state index contributed by atoms with van der Waals surface area (Å²) in [7, 11) is 0. The SMILES string of the molecule is CC(C)CN(CC(O)C(Cc1ccc(OCc2ccccc2)cc1)NC(=O)O[C@H]1CO[C@H]2OCC[C@H]21)C(=O)O. The summed E-state index contributed by atoms with van der Waals surface area (Å²) in [4.78, 5) is 25.8. The van der Waals surface area contributed by atoms with E-state index in [-0.39, 0.29) is 44.2 Å². The summed E-state index contributed by atoms with van der Waals surface area (Å²) in [6.07, 6.45) is -2.76. The summed E-state index contributed by atoms with van der Waals surface area (Å²) < 4.78 is 22.5. The second-order valence-electron chi connectivity index (χ2n) is 10.5. The van der Waals surface area contributed by atoms with Crippen LogP contribution < -0.4 is 10.1 Å². The number of hydrogen-bond acceptors (Lipinski definition) is 7. The number of hydrogen-bond donors (Lipinski definition) is 3. The van der Waals surface area contributed by atoms with Crippen LogP contribution in [0.1, 0.15) is 31.4 Å². The van der Waals surface area contributed by atoms with E-state index in [0.29, 0.717) is 19.0 Å². The second-order valence-corrected chi connectivity index (χ2v) is 10.5. The van der Waals surface area contributed by atoms with Crippen LogP contribution in [0, 0.1) is 11.8 Å². The summed E-state index contributed by atoms with van der Waals surface area (Å²) in [6.45, 7) is 5.17. The minimum Gasteiger partial charge on any atom is -0.489 e. The smallest absolute Gasteiger partial charge is 0.407 e. The van der Waals surface area contributed by atoms with Crippen molar-refractivity contribution in [3.63, 3.8) is 0 Å². The molecule has 2 saturated heterocycles. The van der Waals surface area contributed by atoms with Gasteiger partial charge in [0.2, 0.25) is 0 Å². The van der Waals surface area contributed by atoms with Gasteiger partial charge < -0.3 is 39.4 Å². The number of aliphatic hydroxyl groups is 1. The van der Waals surface area contributed by atoms with Gasteiger partial charge in [-0.25, -0.2) is 9.59 Å². The molecular formula is C29H38N2O8. The predicted molar refractivity (Wildman–Crippen MR) is 142 cm³/mol. The number of nitrogens with one attached hydrogen (secondary N) is 1. The van der Waals surface area contributed by atoms with E-state index in [4.69, 9.17) is 18.9 Å². The molecular weight excluding hydrogens is 504 g/mol. The summed E-state index contributed by atoms with van der Waals surface area (Å²) >= 11 is 0. The average Bonchev–Trinajstić information content (AvgIpc) is 3.53. The highest BCUT2D eigenvalue weighted by atomic mass is 16.7. The number of nitrogens with zero attached hydrogens (tertiary/aromatic N) is 1. The van der Waals surface area contributed by atoms with E-state index in [1.165, 1.54) is 4.90 Å². The monoisotopic (exact) mass is 542 g/mol. The Kier molecular flexibility index (Phi) is 10.0. The van der Waals surface area contributed by atoms with Gasteiger partial charge in [0.15, 0.2) is 6.29 Å². The van der Waals surface area contributed by atoms with Crippen molar-refractivity contribution in [1.82, 2.24) is 10.2 Å². The van der Waals surface area contributed by atoms with E-state index < -0.39 is 30.4 Å². The zero-order valence-corrected chi connectivity index (χ0v) is 22.4. The topological polar surface area (TPSA) is 127 Å². The van der Waals surface area contributed by atoms with Crippen LogP contribution in [0.3, 0.4) is 0 Å². The average molecular weight is 543 g/mol. The highest BCUT2D eigenvalue weighted by Gasteiger charge is 2.44. The van der Waals surface area contributed by atoms with Gasteiger partial charge in [-0.05, 0) is 42.0 Å². The fourth-order valence-corrected chi connectivity index (χ4v) is 4.89. The first-order chi connectivity index (χ1) is 18.8. The third-order valence-electron chi connectivity index (χ3n) is 6.90. The molecule has 2 amide bonds. The highest BCUT2D eigenvalue weighted by molar-refractivity contribution is 5.68. The fraction of sp³-hybridized carbons (Fsp3) is 0.517. The first kappa shape index (κ1) is 28.7. The van der Waals surface area contributed by atoms with Crippen LogP contribution in [-0.4, -0.2) is 78.1 Å². The number of fused-ring (bicyclic) bond motifs is 1. The Hall–Kier alpha value is -3.34. The number of ether oxygens (including phenoxy) is 4. The summed E-state index contributed by atoms with van der Waals surface area (Å²) in [5.41, 5.74) is 1.89. The van der Waals surface area contributed by atoms with Crippen LogP contribution >= 0.6 is 0 Å². The molecule has 10 nitrogen and oxygen atoms in total. The maximum absolute atomic E-state index is 12.9. The maximum Gasteiger partial charge on any atom is 0.407 e. The van der Waals surface area contributed by atoms with Crippen molar-refractivity contribution in [2.24, 2.45) is 11.8 Å². The molecule has 2 aromatic carbocycles. The molecule has 5 atom stereocenters. The Labute approximate surface area is 228 Å². The number of aliphatic hydroxyl groups excluding tert-OH is 1. The maximum atomic E-state index is 12.9. The molecule has 2 aliphatic rings. The number of benzene rings is 2. The molecule has 39 heavy (non-hydrogen) atoms. The Morgan fingerprint density at radius 3 is 2.49 bits per heavy atom. The van der Waals surface area contributed by atoms with E-state index in [1.807, 2.05) is 68.4 Å². The van der Waals surface area contributed by atoms with E-state index in [0.717, 1.165) is 17.5 Å². The summed E-state index contributed by atoms with van der Waals surface area (Å²) in [5.74, 6) is 0.753. The number of rotatable bonds is 12. The van der Waals surface area contributed by atoms with Crippen molar-refractivity contribution in [2.75, 3.05) is 26.3 Å². The predicted octanol–water partition coefficient (Wildman–Crippen LogP) is 3.66. The zero-order chi connectivity index (χ0) is 27.8. The van der Waals surface area contributed by atoms with Crippen LogP contribution in [-0.2, 0) is 27.2 Å². The molecule has 4 rings (SSSR count). The van der Waals surface area contributed by atoms with Crippen molar-refractivity contribution in [2.45, 2.75) is 57.8 Å². The summed E-state index contributed by atoms with van der Waals surface area (Å²) in [5, 5.41) is 23.5. The van der Waals surface area contributed by atoms with Gasteiger partial charge in [-0.3, -0.25) is 0 Å². The van der Waals surface area contributed by atoms with Crippen LogP contribution in [0.4, 0.5) is 9.59 Å². The minimum absolute atomic E-state index is 0.0175. The Bertz CT molecular complexity index is 1060. The number of amides is 2. The molecule has 0 aromatic heterocycles. The lowest BCUT2D eigenvalue weighted by atomic mass is 10.0. The van der Waals surface area contributed by atoms with Gasteiger partial charge >= 0.3 is 12.2 Å². The van der Waals surface area contributed by atoms with Crippen molar-refractivity contribution in [3.8, 4) is 5.75 Å². The molecule has 212 valence electrons. The first-order valence-corrected chi connectivity index (χ1v) is 13.4. The van der Waals surface area contributed by atoms with Crippen LogP contribution in [0.25, 0.3) is 0 Å². The van der Waals surface area contributed by atoms with Gasteiger partial charge in [-0.15, -0.1) is 0 Å². The number of carboxylic acid groups (broad SMARTS) is 1. The normalized spacial score (nSPS) is 21.7. The van der Waals surface area contributed by atoms with Gasteiger partial charge in [-0.2, -0.15) is 0 Å². The molecule has 0 spiro atoms. The van der Waals surface area contributed by atoms with Gasteiger partial charge in [0, 0.05) is 6.54 Å². The number of alkyl carbamates (subject to hydrolysis) is 1. The van der Waals surface area contributed by atoms with Gasteiger partial charge in [0.1, 0.15) is 18.5 Å². The van der Waals surface area contributed by atoms with Crippen LogP contribution in [0.5, 0.6) is 5.75 Å². The molecule has 3 N–H and O–H groups in total. The van der Waals surface area contributed by atoms with Gasteiger partial charge in [0.05, 0.1) is 37.8 Å². The minimum atomic E-state index is -1.16. The molecule has 0 saturated carbocycles. The standard InChI is InChI=1S/C29H38N2O8/c1-19(2)15-31(29(34)35)16-25(32)24(30-28(33)39-26-18-38-27-23(26)12-13-36-27)14-20-8-10-22(11-9-20)37-17-21-6-4-3-5-7-21/h3-11,19,23-27,32H,12-18H2,1-2H3,(H,30,33)(H,34,35)/t23-,24?,25?,26-,27+/m0/s1. The Balaban J connectivity index is 1.40. The quantitative estimate of drug-likeness (QED) is 0.371. The van der Waals surface area contributed by atoms with E-state index >= 15 is 0 Å². The highest BCUT2D eigenvalue weighted by Crippen LogP contribution is 2.33. The van der Waals surface area contributed by atoms with Crippen molar-refractivity contribution in [3.05, 3.63) is 65.7 Å². The van der Waals surface area contributed by atoms with Gasteiger partial charge in [0.25, 0.3) is 0 Å². The number of carbonyl (C=O) groups is 2. The third kappa shape index (κ3) is 8.32. The molecule has 0 bridgehead atoms. The zero-order valence-electron chi connectivity index (χ0n) is 22.4. The second kappa shape index (κ2) is 13.6. The van der Waals surface area contributed by atoms with E-state index in [1.54, 1.807) is 0 Å². The molecule has 10 heteroatoms. The first-order valence-electron chi connectivity index (χ1n) is 13.4. The Morgan fingerprint density at radius 1 is 1.05 bits per heavy atom. The molecule has 2 aliphatic heterocycles. The molecule has 2 unspecified atom stereocenters. The molecule has 0 radical (unpaired) electrons. The molecule has 2 fully saturated rings. The van der Waals surface area contributed by atoms with E-state index in [2.05, 4.69) is 5.32 Å². The molecule has 2 aromatic rings. The van der Waals surface area contributed by atoms with Crippen molar-refractivity contribution < 1.29 is 38.7 Å². The van der Waals surface area contributed by atoms with E-state index in [9.17, 15) is 19.8 Å². The lowest BCUT2D eigenvalue weighted by Gasteiger charge is -2.30. The lowest BCUT2D eigenvalue weighted by Crippen LogP contribution is -2.51. The fourth-order valence-electron chi connectivity index (χ4n) is 4.89. The Morgan fingerprint density at radius 2 is 1.79 bits per heavy atom. The van der Waals surface area contributed by atoms with Crippen LogP contribution in [0.2, 0.25) is 0 Å². The van der Waals surface area contributed by atoms with Crippen molar-refractivity contribution >= 4 is 12.2 Å². The van der Waals surface area contributed by atoms with Crippen LogP contribution in [0.15, 0.2) is 54.6 Å². The number of carbonyl (C=O) groups excluding carboxylic acids is 1. The molecule has 2 heterocycles. The third-order valence-corrected chi connectivity index (χ3v) is 6.90. The van der Waals surface area contributed by atoms with Gasteiger partial charge in [-0.1, -0.05) is 56.3 Å². The molecule has 0 aliphatic carbocycles. The lowest BCUT2D eigenvalue weighted by molar-refractivity contribution is -0.0907. The summed E-state index contributed by atoms with van der Waals surface area (Å²) in [6, 6.07) is 16.4.